The highest BCUT2D eigenvalue weighted by Crippen LogP contribution is 2.30. The van der Waals surface area contributed by atoms with Crippen LogP contribution in [0.15, 0.2) is 30.1 Å². The van der Waals surface area contributed by atoms with Crippen LogP contribution in [-0.2, 0) is 11.8 Å². The van der Waals surface area contributed by atoms with E-state index in [0.717, 1.165) is 19.0 Å². The van der Waals surface area contributed by atoms with Gasteiger partial charge in [-0.25, -0.2) is 9.07 Å². The van der Waals surface area contributed by atoms with Crippen molar-refractivity contribution in [2.75, 3.05) is 44.4 Å². The number of hydrogen-bond donors (Lipinski definition) is 1. The van der Waals surface area contributed by atoms with Crippen LogP contribution in [-0.4, -0.2) is 54.2 Å². The normalized spacial score (nSPS) is 15.4. The molecule has 0 atom stereocenters. The van der Waals surface area contributed by atoms with Crippen molar-refractivity contribution in [2.24, 2.45) is 12.8 Å². The summed E-state index contributed by atoms with van der Waals surface area (Å²) in [5.74, 6) is 1.84. The Morgan fingerprint density at radius 1 is 1.42 bits per heavy atom. The molecule has 2 N–H and O–H groups in total. The van der Waals surface area contributed by atoms with Gasteiger partial charge in [0.25, 0.3) is 0 Å². The Labute approximate surface area is 156 Å². The number of aryl methyl sites for hydroxylation is 1. The largest absolute Gasteiger partial charge is 0.489 e. The molecule has 1 saturated heterocycles. The summed E-state index contributed by atoms with van der Waals surface area (Å²) < 4.78 is 25.2. The maximum Gasteiger partial charge on any atom is 0.224 e. The molecule has 3 rings (SSSR count). The number of morpholine rings is 1. The molecule has 0 saturated carbocycles. The number of halogens is 2. The Kier molecular flexibility index (Phi) is 6.08. The molecule has 0 unspecified atom stereocenters. The van der Waals surface area contributed by atoms with Crippen molar-refractivity contribution in [3.05, 3.63) is 35.1 Å². The summed E-state index contributed by atoms with van der Waals surface area (Å²) in [7, 11) is 1.85. The second kappa shape index (κ2) is 8.48. The minimum Gasteiger partial charge on any atom is -0.489 e. The Balaban J connectivity index is 1.77. The molecule has 2 heterocycles. The molecule has 26 heavy (non-hydrogen) atoms. The summed E-state index contributed by atoms with van der Waals surface area (Å²) in [6.45, 7) is 3.08. The molecule has 0 aliphatic carbocycles. The van der Waals surface area contributed by atoms with Crippen molar-refractivity contribution >= 4 is 17.5 Å². The van der Waals surface area contributed by atoms with Crippen LogP contribution in [0.5, 0.6) is 5.75 Å². The number of anilines is 1. The highest BCUT2D eigenvalue weighted by Gasteiger charge is 2.19. The molecule has 0 bridgehead atoms. The molecule has 7 nitrogen and oxygen atoms in total. The van der Waals surface area contributed by atoms with Crippen LogP contribution in [0.3, 0.4) is 0 Å². The van der Waals surface area contributed by atoms with Gasteiger partial charge in [-0.3, -0.25) is 0 Å². The maximum absolute atomic E-state index is 12.5. The van der Waals surface area contributed by atoms with Crippen LogP contribution >= 0.6 is 11.6 Å². The van der Waals surface area contributed by atoms with Gasteiger partial charge in [-0.15, -0.1) is 5.10 Å². The lowest BCUT2D eigenvalue weighted by Gasteiger charge is -2.26. The van der Waals surface area contributed by atoms with Gasteiger partial charge in [0.15, 0.2) is 5.82 Å². The van der Waals surface area contributed by atoms with Gasteiger partial charge >= 0.3 is 0 Å². The number of rotatable bonds is 6. The van der Waals surface area contributed by atoms with E-state index in [1.807, 2.05) is 7.05 Å². The van der Waals surface area contributed by atoms with Gasteiger partial charge in [-0.2, -0.15) is 4.98 Å². The molecule has 1 aliphatic rings. The fraction of sp³-hybridized carbons (Fsp3) is 0.412. The zero-order chi connectivity index (χ0) is 18.5. The maximum atomic E-state index is 12.5. The summed E-state index contributed by atoms with van der Waals surface area (Å²) in [6, 6.07) is 5.20. The van der Waals surface area contributed by atoms with Crippen molar-refractivity contribution < 1.29 is 13.9 Å². The monoisotopic (exact) mass is 381 g/mol. The number of nitrogens with two attached hydrogens (primary N) is 1. The summed E-state index contributed by atoms with van der Waals surface area (Å²) >= 11 is 6.38. The average Bonchev–Trinajstić information content (AvgIpc) is 3.05. The Bertz CT molecular complexity index is 789. The second-order valence-corrected chi connectivity index (χ2v) is 6.27. The van der Waals surface area contributed by atoms with Crippen LogP contribution < -0.4 is 15.4 Å². The van der Waals surface area contributed by atoms with Gasteiger partial charge < -0.3 is 20.1 Å². The van der Waals surface area contributed by atoms with Crippen LogP contribution in [0.25, 0.3) is 11.4 Å². The number of aromatic nitrogens is 3. The first-order valence-corrected chi connectivity index (χ1v) is 8.65. The fourth-order valence-corrected chi connectivity index (χ4v) is 2.86. The number of hydrogen-bond acceptors (Lipinski definition) is 6. The smallest absolute Gasteiger partial charge is 0.224 e. The van der Waals surface area contributed by atoms with Gasteiger partial charge in [0, 0.05) is 37.8 Å². The summed E-state index contributed by atoms with van der Waals surface area (Å²) in [4.78, 5) is 6.74. The molecule has 0 spiro atoms. The number of benzene rings is 1. The third kappa shape index (κ3) is 4.14. The van der Waals surface area contributed by atoms with Crippen molar-refractivity contribution in [1.82, 2.24) is 14.8 Å². The fourth-order valence-electron chi connectivity index (χ4n) is 2.61. The van der Waals surface area contributed by atoms with E-state index in [4.69, 9.17) is 26.8 Å². The number of nitrogens with zero attached hydrogens (tertiary/aromatic N) is 4. The van der Waals surface area contributed by atoms with Crippen LogP contribution in [0.1, 0.15) is 0 Å². The van der Waals surface area contributed by atoms with E-state index < -0.39 is 0 Å². The first kappa shape index (κ1) is 18.6. The molecular weight excluding hydrogens is 361 g/mol. The first-order valence-electron chi connectivity index (χ1n) is 8.27. The molecule has 2 aromatic rings. The lowest BCUT2D eigenvalue weighted by atomic mass is 10.2. The van der Waals surface area contributed by atoms with Crippen molar-refractivity contribution in [3.8, 4) is 17.1 Å². The predicted molar refractivity (Wildman–Crippen MR) is 98.2 cm³/mol. The van der Waals surface area contributed by atoms with Crippen LogP contribution in [0.2, 0.25) is 5.02 Å². The molecule has 1 aliphatic heterocycles. The highest BCUT2D eigenvalue weighted by atomic mass is 35.5. The topological polar surface area (TPSA) is 78.4 Å². The quantitative estimate of drug-likeness (QED) is 0.826. The minimum absolute atomic E-state index is 0.0751. The standard InChI is InChI=1S/C17H21ClFN5O2/c1-23-17(24-4-6-25-7-5-24)21-16(22-23)14-3-2-13(8-15(14)18)26-11-12(9-19)10-20/h2-3,8-9H,4-7,10-11,20H2,1H3/b12-9-. The van der Waals surface area contributed by atoms with E-state index in [0.29, 0.717) is 47.3 Å². The van der Waals surface area contributed by atoms with E-state index in [9.17, 15) is 4.39 Å². The molecule has 140 valence electrons. The Hall–Kier alpha value is -2.16. The predicted octanol–water partition coefficient (Wildman–Crippen LogP) is 2.16. The van der Waals surface area contributed by atoms with Crippen molar-refractivity contribution in [1.29, 1.82) is 0 Å². The SMILES string of the molecule is Cn1nc(-c2ccc(OC/C(=C\F)CN)cc2Cl)nc1N1CCOCC1. The van der Waals surface area contributed by atoms with Crippen molar-refractivity contribution in [2.45, 2.75) is 0 Å². The van der Waals surface area contributed by atoms with Gasteiger partial charge in [0.2, 0.25) is 5.95 Å². The van der Waals surface area contributed by atoms with Crippen LogP contribution in [0, 0.1) is 0 Å². The summed E-state index contributed by atoms with van der Waals surface area (Å²) in [6.07, 6.45) is 0.459. The van der Waals surface area contributed by atoms with Crippen LogP contribution in [0.4, 0.5) is 10.3 Å². The Morgan fingerprint density at radius 3 is 2.85 bits per heavy atom. The lowest BCUT2D eigenvalue weighted by molar-refractivity contribution is 0.121. The highest BCUT2D eigenvalue weighted by molar-refractivity contribution is 6.33. The van der Waals surface area contributed by atoms with E-state index in [2.05, 4.69) is 15.0 Å². The van der Waals surface area contributed by atoms with E-state index in [-0.39, 0.29) is 13.2 Å². The summed E-state index contributed by atoms with van der Waals surface area (Å²) in [5, 5.41) is 4.93. The number of ether oxygens (including phenoxy) is 2. The second-order valence-electron chi connectivity index (χ2n) is 5.86. The average molecular weight is 382 g/mol. The third-order valence-electron chi connectivity index (χ3n) is 4.06. The molecule has 0 amide bonds. The Morgan fingerprint density at radius 2 is 2.19 bits per heavy atom. The lowest BCUT2D eigenvalue weighted by Crippen LogP contribution is -2.37. The van der Waals surface area contributed by atoms with E-state index in [1.165, 1.54) is 0 Å². The van der Waals surface area contributed by atoms with Gasteiger partial charge in [-0.1, -0.05) is 11.6 Å². The molecule has 1 aromatic carbocycles. The molecule has 0 radical (unpaired) electrons. The van der Waals surface area contributed by atoms with Gasteiger partial charge in [0.05, 0.1) is 24.6 Å². The summed E-state index contributed by atoms with van der Waals surface area (Å²) in [5.41, 5.74) is 6.48. The zero-order valence-electron chi connectivity index (χ0n) is 14.5. The van der Waals surface area contributed by atoms with E-state index in [1.54, 1.807) is 22.9 Å². The molecular formula is C17H21ClFN5O2. The third-order valence-corrected chi connectivity index (χ3v) is 4.37. The van der Waals surface area contributed by atoms with E-state index >= 15 is 0 Å². The van der Waals surface area contributed by atoms with Gasteiger partial charge in [-0.05, 0) is 18.2 Å². The molecule has 1 fully saturated rings. The zero-order valence-corrected chi connectivity index (χ0v) is 15.2. The molecule has 9 heteroatoms. The first-order chi connectivity index (χ1) is 12.6. The van der Waals surface area contributed by atoms with Crippen molar-refractivity contribution in [3.63, 3.8) is 0 Å². The molecule has 1 aromatic heterocycles. The minimum atomic E-state index is 0.0751. The van der Waals surface area contributed by atoms with Gasteiger partial charge in [0.1, 0.15) is 12.4 Å².